The van der Waals surface area contributed by atoms with Crippen molar-refractivity contribution >= 4 is 11.9 Å². The molecule has 0 saturated carbocycles. The summed E-state index contributed by atoms with van der Waals surface area (Å²) in [5, 5.41) is 0. The Morgan fingerprint density at radius 3 is 1.25 bits per heavy atom. The number of ether oxygens (including phenoxy) is 3. The van der Waals surface area contributed by atoms with Crippen molar-refractivity contribution in [3.63, 3.8) is 0 Å². The Morgan fingerprint density at radius 1 is 0.491 bits per heavy atom. The average molecular weight is 750 g/mol. The van der Waals surface area contributed by atoms with Gasteiger partial charge in [0.05, 0.1) is 26.4 Å². The standard InChI is InChI=1S/C47H91NO5/c1-39(2)27-29-44(41(5)6)37-52-46(49)25-21-17-13-9-11-15-19-23-43(31-32-48-33-35-51-36-34-48)24-20-16-12-10-14-18-22-26-47(50)53-38-45(42(7)8)30-28-40(3)4/h39-45H,9-38H2,1-8H3. The highest BCUT2D eigenvalue weighted by Gasteiger charge is 2.18. The van der Waals surface area contributed by atoms with E-state index < -0.39 is 0 Å². The summed E-state index contributed by atoms with van der Waals surface area (Å²) in [6.45, 7) is 24.4. The molecule has 53 heavy (non-hydrogen) atoms. The molecule has 2 atom stereocenters. The van der Waals surface area contributed by atoms with Crippen LogP contribution in [0.4, 0.5) is 0 Å². The number of carbonyl (C=O) groups is 2. The lowest BCUT2D eigenvalue weighted by molar-refractivity contribution is -0.146. The summed E-state index contributed by atoms with van der Waals surface area (Å²) in [4.78, 5) is 27.2. The fourth-order valence-corrected chi connectivity index (χ4v) is 7.65. The van der Waals surface area contributed by atoms with E-state index in [1.807, 2.05) is 0 Å². The number of nitrogens with zero attached hydrogens (tertiary/aromatic N) is 1. The van der Waals surface area contributed by atoms with Crippen molar-refractivity contribution in [3.05, 3.63) is 0 Å². The molecule has 2 unspecified atom stereocenters. The second-order valence-electron chi connectivity index (χ2n) is 18.5. The number of carbonyl (C=O) groups excluding carboxylic acids is 2. The third-order valence-electron chi connectivity index (χ3n) is 12.0. The van der Waals surface area contributed by atoms with E-state index in [1.165, 1.54) is 103 Å². The second kappa shape index (κ2) is 33.0. The van der Waals surface area contributed by atoms with Crippen molar-refractivity contribution in [3.8, 4) is 0 Å². The van der Waals surface area contributed by atoms with Gasteiger partial charge in [-0.25, -0.2) is 0 Å². The molecule has 1 rings (SSSR count). The zero-order chi connectivity index (χ0) is 39.1. The van der Waals surface area contributed by atoms with Crippen LogP contribution in [0.5, 0.6) is 0 Å². The van der Waals surface area contributed by atoms with Gasteiger partial charge >= 0.3 is 11.9 Å². The third kappa shape index (κ3) is 29.8. The highest BCUT2D eigenvalue weighted by molar-refractivity contribution is 5.69. The van der Waals surface area contributed by atoms with Crippen LogP contribution >= 0.6 is 0 Å². The highest BCUT2D eigenvalue weighted by Crippen LogP contribution is 2.25. The molecule has 1 aliphatic heterocycles. The largest absolute Gasteiger partial charge is 0.465 e. The Bertz CT molecular complexity index is 794. The van der Waals surface area contributed by atoms with Crippen LogP contribution in [0.2, 0.25) is 0 Å². The first kappa shape index (κ1) is 49.9. The summed E-state index contributed by atoms with van der Waals surface area (Å²) >= 11 is 0. The van der Waals surface area contributed by atoms with Gasteiger partial charge in [0.15, 0.2) is 0 Å². The molecule has 0 spiro atoms. The van der Waals surface area contributed by atoms with E-state index in [-0.39, 0.29) is 11.9 Å². The van der Waals surface area contributed by atoms with Crippen LogP contribution in [0.15, 0.2) is 0 Å². The smallest absolute Gasteiger partial charge is 0.305 e. The van der Waals surface area contributed by atoms with Crippen LogP contribution in [0.3, 0.4) is 0 Å². The summed E-state index contributed by atoms with van der Waals surface area (Å²) in [6, 6.07) is 0. The lowest BCUT2D eigenvalue weighted by Gasteiger charge is -2.28. The molecule has 0 aromatic carbocycles. The van der Waals surface area contributed by atoms with Gasteiger partial charge in [-0.3, -0.25) is 14.5 Å². The first-order chi connectivity index (χ1) is 25.5. The minimum Gasteiger partial charge on any atom is -0.465 e. The van der Waals surface area contributed by atoms with E-state index in [4.69, 9.17) is 14.2 Å². The maximum atomic E-state index is 12.3. The van der Waals surface area contributed by atoms with Gasteiger partial charge in [0, 0.05) is 25.9 Å². The van der Waals surface area contributed by atoms with Gasteiger partial charge in [0.1, 0.15) is 0 Å². The Hall–Kier alpha value is -1.14. The van der Waals surface area contributed by atoms with Crippen LogP contribution < -0.4 is 0 Å². The molecule has 1 saturated heterocycles. The quantitative estimate of drug-likeness (QED) is 0.0475. The summed E-state index contributed by atoms with van der Waals surface area (Å²) in [6.07, 6.45) is 27.2. The molecule has 6 heteroatoms. The molecule has 0 N–H and O–H groups in total. The maximum Gasteiger partial charge on any atom is 0.305 e. The summed E-state index contributed by atoms with van der Waals surface area (Å²) in [7, 11) is 0. The Labute approximate surface area is 330 Å². The van der Waals surface area contributed by atoms with E-state index in [2.05, 4.69) is 60.3 Å². The molecular weight excluding hydrogens is 659 g/mol. The lowest BCUT2D eigenvalue weighted by Crippen LogP contribution is -2.37. The minimum absolute atomic E-state index is 0.000224. The minimum atomic E-state index is 0.000224. The van der Waals surface area contributed by atoms with Crippen LogP contribution in [0.1, 0.15) is 203 Å². The average Bonchev–Trinajstić information content (AvgIpc) is 3.11. The molecule has 314 valence electrons. The van der Waals surface area contributed by atoms with E-state index in [9.17, 15) is 9.59 Å². The van der Waals surface area contributed by atoms with Crippen molar-refractivity contribution in [2.75, 3.05) is 46.1 Å². The monoisotopic (exact) mass is 750 g/mol. The van der Waals surface area contributed by atoms with E-state index in [1.54, 1.807) is 0 Å². The van der Waals surface area contributed by atoms with Crippen LogP contribution in [-0.4, -0.2) is 62.9 Å². The Balaban J connectivity index is 2.16. The predicted octanol–water partition coefficient (Wildman–Crippen LogP) is 12.8. The van der Waals surface area contributed by atoms with Crippen LogP contribution in [-0.2, 0) is 23.8 Å². The van der Waals surface area contributed by atoms with Gasteiger partial charge in [0.2, 0.25) is 0 Å². The fraction of sp³-hybridized carbons (Fsp3) is 0.957. The van der Waals surface area contributed by atoms with Crippen molar-refractivity contribution in [2.24, 2.45) is 41.4 Å². The summed E-state index contributed by atoms with van der Waals surface area (Å²) in [5.74, 6) is 4.34. The SMILES string of the molecule is CC(C)CCC(COC(=O)CCCCCCCCCC(CCCCCCCCCC(=O)OCC(CCC(C)C)C(C)C)CCN1CCOCC1)C(C)C. The summed E-state index contributed by atoms with van der Waals surface area (Å²) < 4.78 is 16.9. The molecule has 1 heterocycles. The van der Waals surface area contributed by atoms with Gasteiger partial charge in [-0.2, -0.15) is 0 Å². The van der Waals surface area contributed by atoms with Gasteiger partial charge in [-0.15, -0.1) is 0 Å². The fourth-order valence-electron chi connectivity index (χ4n) is 7.65. The van der Waals surface area contributed by atoms with E-state index in [0.717, 1.165) is 70.7 Å². The molecule has 0 amide bonds. The number of morpholine rings is 1. The van der Waals surface area contributed by atoms with E-state index in [0.29, 0.717) is 61.6 Å². The number of hydrogen-bond donors (Lipinski definition) is 0. The molecule has 1 fully saturated rings. The van der Waals surface area contributed by atoms with Gasteiger partial charge in [-0.1, -0.05) is 158 Å². The molecule has 0 aromatic rings. The predicted molar refractivity (Wildman–Crippen MR) is 225 cm³/mol. The van der Waals surface area contributed by atoms with Crippen molar-refractivity contribution in [1.29, 1.82) is 0 Å². The van der Waals surface area contributed by atoms with Gasteiger partial charge < -0.3 is 14.2 Å². The summed E-state index contributed by atoms with van der Waals surface area (Å²) in [5.41, 5.74) is 0. The second-order valence-corrected chi connectivity index (χ2v) is 18.5. The third-order valence-corrected chi connectivity index (χ3v) is 12.0. The molecule has 0 aliphatic carbocycles. The zero-order valence-electron chi connectivity index (χ0n) is 36.7. The molecule has 1 aliphatic rings. The number of esters is 2. The zero-order valence-corrected chi connectivity index (χ0v) is 36.7. The van der Waals surface area contributed by atoms with Gasteiger partial charge in [-0.05, 0) is 80.1 Å². The van der Waals surface area contributed by atoms with Crippen molar-refractivity contribution in [2.45, 2.75) is 203 Å². The van der Waals surface area contributed by atoms with E-state index >= 15 is 0 Å². The maximum absolute atomic E-state index is 12.3. The highest BCUT2D eigenvalue weighted by atomic mass is 16.5. The molecule has 0 bridgehead atoms. The van der Waals surface area contributed by atoms with Crippen molar-refractivity contribution < 1.29 is 23.8 Å². The van der Waals surface area contributed by atoms with Gasteiger partial charge in [0.25, 0.3) is 0 Å². The normalized spacial score (nSPS) is 15.8. The first-order valence-electron chi connectivity index (χ1n) is 23.1. The Kier molecular flexibility index (Phi) is 31.1. The number of unbranched alkanes of at least 4 members (excludes halogenated alkanes) is 12. The first-order valence-corrected chi connectivity index (χ1v) is 23.1. The van der Waals surface area contributed by atoms with Crippen LogP contribution in [0, 0.1) is 41.4 Å². The van der Waals surface area contributed by atoms with Crippen LogP contribution in [0.25, 0.3) is 0 Å². The molecule has 6 nitrogen and oxygen atoms in total. The number of rotatable bonds is 35. The molecular formula is C47H91NO5. The molecule has 0 aromatic heterocycles. The van der Waals surface area contributed by atoms with Crippen molar-refractivity contribution in [1.82, 2.24) is 4.90 Å². The Morgan fingerprint density at radius 2 is 0.868 bits per heavy atom. The topological polar surface area (TPSA) is 65.1 Å². The molecule has 0 radical (unpaired) electrons. The number of hydrogen-bond acceptors (Lipinski definition) is 6. The lowest BCUT2D eigenvalue weighted by atomic mass is 9.89.